The van der Waals surface area contributed by atoms with Crippen LogP contribution in [0.2, 0.25) is 0 Å². The van der Waals surface area contributed by atoms with Crippen LogP contribution in [-0.2, 0) is 19.7 Å². The van der Waals surface area contributed by atoms with Gasteiger partial charge >= 0.3 is 5.97 Å². The number of hydrogen-bond acceptors (Lipinski definition) is 5. The molecule has 1 rings (SSSR count). The van der Waals surface area contributed by atoms with Crippen LogP contribution in [0.25, 0.3) is 0 Å². The molecule has 1 atom stereocenters. The van der Waals surface area contributed by atoms with Crippen LogP contribution < -0.4 is 5.32 Å². The van der Waals surface area contributed by atoms with Crippen molar-refractivity contribution in [2.45, 2.75) is 25.3 Å². The number of methoxy groups -OCH3 is 1. The smallest absolute Gasteiger partial charge is 0.306 e. The van der Waals surface area contributed by atoms with Crippen molar-refractivity contribution in [1.82, 2.24) is 13.9 Å². The van der Waals surface area contributed by atoms with E-state index in [1.54, 1.807) is 0 Å². The summed E-state index contributed by atoms with van der Waals surface area (Å²) in [5, 5.41) is 3.01. The van der Waals surface area contributed by atoms with E-state index in [2.05, 4.69) is 10.1 Å². The summed E-state index contributed by atoms with van der Waals surface area (Å²) in [4.78, 5) is 11.1. The summed E-state index contributed by atoms with van der Waals surface area (Å²) in [6.07, 6.45) is 1.80. The first kappa shape index (κ1) is 16.4. The van der Waals surface area contributed by atoms with Gasteiger partial charge in [0.05, 0.1) is 13.5 Å². The van der Waals surface area contributed by atoms with Gasteiger partial charge in [-0.15, -0.1) is 0 Å². The second-order valence-electron chi connectivity index (χ2n) is 4.62. The van der Waals surface area contributed by atoms with E-state index in [4.69, 9.17) is 0 Å². The molecule has 1 aliphatic rings. The SMILES string of the molecule is CNCC1CCCN1S(=O)(=O)N(C)CCC(=O)OC. The largest absolute Gasteiger partial charge is 0.469 e. The first-order valence-corrected chi connectivity index (χ1v) is 7.77. The molecule has 0 aliphatic carbocycles. The maximum Gasteiger partial charge on any atom is 0.306 e. The summed E-state index contributed by atoms with van der Waals surface area (Å²) >= 11 is 0. The van der Waals surface area contributed by atoms with E-state index in [0.717, 1.165) is 12.8 Å². The summed E-state index contributed by atoms with van der Waals surface area (Å²) in [5.74, 6) is -0.407. The van der Waals surface area contributed by atoms with Crippen LogP contribution in [0.1, 0.15) is 19.3 Å². The van der Waals surface area contributed by atoms with Crippen LogP contribution in [0, 0.1) is 0 Å². The molecule has 0 aromatic carbocycles. The molecule has 1 N–H and O–H groups in total. The van der Waals surface area contributed by atoms with Crippen molar-refractivity contribution in [2.24, 2.45) is 0 Å². The first-order valence-electron chi connectivity index (χ1n) is 6.38. The zero-order valence-electron chi connectivity index (χ0n) is 11.8. The van der Waals surface area contributed by atoms with Gasteiger partial charge in [0.25, 0.3) is 10.2 Å². The molecule has 7 nitrogen and oxygen atoms in total. The molecule has 1 aliphatic heterocycles. The highest BCUT2D eigenvalue weighted by Gasteiger charge is 2.36. The Balaban J connectivity index is 2.65. The summed E-state index contributed by atoms with van der Waals surface area (Å²) in [6.45, 7) is 1.32. The van der Waals surface area contributed by atoms with Crippen molar-refractivity contribution in [3.05, 3.63) is 0 Å². The summed E-state index contributed by atoms with van der Waals surface area (Å²) in [7, 11) is 1.10. The zero-order chi connectivity index (χ0) is 14.5. The van der Waals surface area contributed by atoms with Crippen LogP contribution in [0.4, 0.5) is 0 Å². The number of likely N-dealkylation sites (N-methyl/N-ethyl adjacent to an activating group) is 1. The van der Waals surface area contributed by atoms with Gasteiger partial charge in [-0.25, -0.2) is 0 Å². The van der Waals surface area contributed by atoms with Gasteiger partial charge in [-0.05, 0) is 19.9 Å². The number of carbonyl (C=O) groups is 1. The molecule has 0 radical (unpaired) electrons. The van der Waals surface area contributed by atoms with Gasteiger partial charge in [-0.3, -0.25) is 4.79 Å². The molecular formula is C11H23N3O4S. The third-order valence-electron chi connectivity index (χ3n) is 3.31. The maximum atomic E-state index is 12.4. The maximum absolute atomic E-state index is 12.4. The summed E-state index contributed by atoms with van der Waals surface area (Å²) < 4.78 is 32.0. The van der Waals surface area contributed by atoms with E-state index < -0.39 is 16.2 Å². The second kappa shape index (κ2) is 7.18. The Morgan fingerprint density at radius 1 is 1.53 bits per heavy atom. The normalized spacial score (nSPS) is 20.9. The zero-order valence-corrected chi connectivity index (χ0v) is 12.6. The fourth-order valence-corrected chi connectivity index (χ4v) is 3.79. The van der Waals surface area contributed by atoms with Crippen LogP contribution in [-0.4, -0.2) is 69.9 Å². The number of carbonyl (C=O) groups excluding carboxylic acids is 1. The molecule has 19 heavy (non-hydrogen) atoms. The van der Waals surface area contributed by atoms with E-state index in [9.17, 15) is 13.2 Å². The number of rotatable bonds is 7. The quantitative estimate of drug-likeness (QED) is 0.635. The lowest BCUT2D eigenvalue weighted by molar-refractivity contribution is -0.140. The van der Waals surface area contributed by atoms with Crippen LogP contribution in [0.15, 0.2) is 0 Å². The molecule has 1 heterocycles. The summed E-state index contributed by atoms with van der Waals surface area (Å²) in [5.41, 5.74) is 0. The van der Waals surface area contributed by atoms with Gasteiger partial charge in [0.15, 0.2) is 0 Å². The Bertz CT molecular complexity index is 399. The van der Waals surface area contributed by atoms with E-state index >= 15 is 0 Å². The van der Waals surface area contributed by atoms with Crippen molar-refractivity contribution in [2.75, 3.05) is 40.8 Å². The molecule has 0 bridgehead atoms. The van der Waals surface area contributed by atoms with E-state index in [1.165, 1.54) is 22.8 Å². The Morgan fingerprint density at radius 3 is 2.79 bits per heavy atom. The van der Waals surface area contributed by atoms with Crippen molar-refractivity contribution in [3.8, 4) is 0 Å². The number of esters is 1. The molecule has 8 heteroatoms. The molecule has 0 aromatic rings. The predicted octanol–water partition coefficient (Wildman–Crippen LogP) is -0.590. The highest BCUT2D eigenvalue weighted by molar-refractivity contribution is 7.86. The first-order chi connectivity index (χ1) is 8.93. The topological polar surface area (TPSA) is 79.0 Å². The van der Waals surface area contributed by atoms with Gasteiger partial charge in [0.2, 0.25) is 0 Å². The monoisotopic (exact) mass is 293 g/mol. The third kappa shape index (κ3) is 4.13. The minimum Gasteiger partial charge on any atom is -0.469 e. The Kier molecular flexibility index (Phi) is 6.18. The van der Waals surface area contributed by atoms with Gasteiger partial charge in [-0.2, -0.15) is 17.0 Å². The fourth-order valence-electron chi connectivity index (χ4n) is 2.20. The highest BCUT2D eigenvalue weighted by Crippen LogP contribution is 2.22. The standard InChI is InChI=1S/C11H23N3O4S/c1-12-9-10-5-4-7-14(10)19(16,17)13(2)8-6-11(15)18-3/h10,12H,4-9H2,1-3H3. The average molecular weight is 293 g/mol. The van der Waals surface area contributed by atoms with E-state index in [1.807, 2.05) is 7.05 Å². The average Bonchev–Trinajstić information content (AvgIpc) is 2.84. The van der Waals surface area contributed by atoms with Crippen molar-refractivity contribution in [3.63, 3.8) is 0 Å². The molecule has 1 saturated heterocycles. The van der Waals surface area contributed by atoms with Crippen LogP contribution in [0.5, 0.6) is 0 Å². The predicted molar refractivity (Wildman–Crippen MR) is 71.8 cm³/mol. The minimum atomic E-state index is -3.50. The molecule has 1 unspecified atom stereocenters. The molecule has 0 amide bonds. The molecule has 0 aromatic heterocycles. The fraction of sp³-hybridized carbons (Fsp3) is 0.909. The van der Waals surface area contributed by atoms with Gasteiger partial charge in [-0.1, -0.05) is 0 Å². The number of nitrogens with one attached hydrogen (secondary N) is 1. The molecule has 0 saturated carbocycles. The lowest BCUT2D eigenvalue weighted by Gasteiger charge is -2.28. The lowest BCUT2D eigenvalue weighted by Crippen LogP contribution is -2.47. The Hall–Kier alpha value is -0.700. The number of ether oxygens (including phenoxy) is 1. The van der Waals surface area contributed by atoms with Gasteiger partial charge in [0.1, 0.15) is 0 Å². The highest BCUT2D eigenvalue weighted by atomic mass is 32.2. The second-order valence-corrected chi connectivity index (χ2v) is 6.61. The van der Waals surface area contributed by atoms with Crippen molar-refractivity contribution < 1.29 is 17.9 Å². The van der Waals surface area contributed by atoms with Crippen LogP contribution >= 0.6 is 0 Å². The molecule has 112 valence electrons. The molecule has 0 spiro atoms. The van der Waals surface area contributed by atoms with Crippen LogP contribution in [0.3, 0.4) is 0 Å². The lowest BCUT2D eigenvalue weighted by atomic mass is 10.2. The Labute approximate surface area is 115 Å². The third-order valence-corrected chi connectivity index (χ3v) is 5.36. The Morgan fingerprint density at radius 2 is 2.21 bits per heavy atom. The minimum absolute atomic E-state index is 0.00410. The number of hydrogen-bond donors (Lipinski definition) is 1. The molecular weight excluding hydrogens is 270 g/mol. The van der Waals surface area contributed by atoms with Crippen molar-refractivity contribution in [1.29, 1.82) is 0 Å². The van der Waals surface area contributed by atoms with Gasteiger partial charge < -0.3 is 10.1 Å². The molecule has 1 fully saturated rings. The summed E-state index contributed by atoms with van der Waals surface area (Å²) in [6, 6.07) is -0.00410. The van der Waals surface area contributed by atoms with Crippen molar-refractivity contribution >= 4 is 16.2 Å². The van der Waals surface area contributed by atoms with E-state index in [0.29, 0.717) is 13.1 Å². The number of nitrogens with zero attached hydrogens (tertiary/aromatic N) is 2. The van der Waals surface area contributed by atoms with E-state index in [-0.39, 0.29) is 19.0 Å². The van der Waals surface area contributed by atoms with Gasteiger partial charge in [0, 0.05) is 32.7 Å².